The van der Waals surface area contributed by atoms with Gasteiger partial charge in [-0.05, 0) is 32.9 Å². The molecular weight excluding hydrogens is 270 g/mol. The highest BCUT2D eigenvalue weighted by Crippen LogP contribution is 2.20. The van der Waals surface area contributed by atoms with Crippen molar-refractivity contribution in [3.63, 3.8) is 0 Å². The Bertz CT molecular complexity index is 438. The summed E-state index contributed by atoms with van der Waals surface area (Å²) < 4.78 is 10.6. The fourth-order valence-electron chi connectivity index (χ4n) is 1.94. The van der Waals surface area contributed by atoms with E-state index in [1.54, 1.807) is 23.1 Å². The van der Waals surface area contributed by atoms with Crippen LogP contribution in [-0.4, -0.2) is 55.4 Å². The molecule has 1 N–H and O–H groups in total. The van der Waals surface area contributed by atoms with Gasteiger partial charge in [0.1, 0.15) is 5.75 Å². The van der Waals surface area contributed by atoms with Crippen LogP contribution in [0.1, 0.15) is 29.8 Å². The number of phenols is 1. The summed E-state index contributed by atoms with van der Waals surface area (Å²) >= 11 is 0. The molecule has 0 aliphatic rings. The number of amides is 1. The molecule has 0 atom stereocenters. The quantitative estimate of drug-likeness (QED) is 0.710. The summed E-state index contributed by atoms with van der Waals surface area (Å²) in [6.07, 6.45) is 0. The van der Waals surface area contributed by atoms with Crippen LogP contribution in [0.3, 0.4) is 0 Å². The topological polar surface area (TPSA) is 59.0 Å². The number of phenolic OH excluding ortho intramolecular Hbond substituents is 1. The van der Waals surface area contributed by atoms with Crippen molar-refractivity contribution in [3.05, 3.63) is 29.3 Å². The first-order chi connectivity index (χ1) is 10.1. The lowest BCUT2D eigenvalue weighted by Crippen LogP contribution is -2.36. The number of aryl methyl sites for hydroxylation is 1. The lowest BCUT2D eigenvalue weighted by atomic mass is 10.1. The molecule has 0 unspecified atom stereocenters. The SMILES string of the molecule is CCOCCN(CCOCC)C(=O)c1cc(C)ccc1O. The minimum Gasteiger partial charge on any atom is -0.507 e. The molecule has 0 saturated carbocycles. The molecule has 0 aromatic heterocycles. The van der Waals surface area contributed by atoms with E-state index in [4.69, 9.17) is 9.47 Å². The predicted molar refractivity (Wildman–Crippen MR) is 81.7 cm³/mol. The molecule has 0 bridgehead atoms. The van der Waals surface area contributed by atoms with E-state index in [1.807, 2.05) is 20.8 Å². The normalized spacial score (nSPS) is 10.6. The molecule has 1 aromatic rings. The molecule has 1 aromatic carbocycles. The maximum atomic E-state index is 12.6. The molecule has 1 rings (SSSR count). The number of hydrogen-bond acceptors (Lipinski definition) is 4. The van der Waals surface area contributed by atoms with Gasteiger partial charge in [-0.1, -0.05) is 11.6 Å². The molecule has 5 nitrogen and oxygen atoms in total. The highest BCUT2D eigenvalue weighted by Gasteiger charge is 2.18. The molecule has 5 heteroatoms. The minimum absolute atomic E-state index is 0.00317. The second-order valence-electron chi connectivity index (χ2n) is 4.71. The van der Waals surface area contributed by atoms with Crippen molar-refractivity contribution in [3.8, 4) is 5.75 Å². The van der Waals surface area contributed by atoms with Crippen LogP contribution in [0.25, 0.3) is 0 Å². The molecule has 0 fully saturated rings. The molecule has 0 radical (unpaired) electrons. The molecule has 0 heterocycles. The first-order valence-corrected chi connectivity index (χ1v) is 7.34. The molecule has 0 aliphatic heterocycles. The third-order valence-electron chi connectivity index (χ3n) is 3.09. The minimum atomic E-state index is -0.199. The third-order valence-corrected chi connectivity index (χ3v) is 3.09. The van der Waals surface area contributed by atoms with E-state index in [0.29, 0.717) is 45.1 Å². The first-order valence-electron chi connectivity index (χ1n) is 7.34. The van der Waals surface area contributed by atoms with Crippen LogP contribution in [0.5, 0.6) is 5.75 Å². The number of nitrogens with zero attached hydrogens (tertiary/aromatic N) is 1. The summed E-state index contributed by atoms with van der Waals surface area (Å²) in [7, 11) is 0. The number of carbonyl (C=O) groups is 1. The zero-order valence-electron chi connectivity index (χ0n) is 13.1. The zero-order chi connectivity index (χ0) is 15.7. The number of carbonyl (C=O) groups excluding carboxylic acids is 1. The summed E-state index contributed by atoms with van der Waals surface area (Å²) in [6.45, 7) is 8.85. The standard InChI is InChI=1S/C16H25NO4/c1-4-20-10-8-17(9-11-21-5-2)16(19)14-12-13(3)6-7-15(14)18/h6-7,12,18H,4-5,8-11H2,1-3H3. The summed E-state index contributed by atoms with van der Waals surface area (Å²) in [5, 5.41) is 9.89. The molecule has 118 valence electrons. The van der Waals surface area contributed by atoms with E-state index in [9.17, 15) is 9.90 Å². The number of hydrogen-bond donors (Lipinski definition) is 1. The average Bonchev–Trinajstić information content (AvgIpc) is 2.48. The maximum Gasteiger partial charge on any atom is 0.257 e. The molecular formula is C16H25NO4. The van der Waals surface area contributed by atoms with Gasteiger partial charge in [0.15, 0.2) is 0 Å². The second kappa shape index (κ2) is 9.37. The Balaban J connectivity index is 2.79. The third kappa shape index (κ3) is 5.73. The second-order valence-corrected chi connectivity index (χ2v) is 4.71. The van der Waals surface area contributed by atoms with Gasteiger partial charge >= 0.3 is 0 Å². The lowest BCUT2D eigenvalue weighted by molar-refractivity contribution is 0.0547. The van der Waals surface area contributed by atoms with Crippen LogP contribution in [-0.2, 0) is 9.47 Å². The fraction of sp³-hybridized carbons (Fsp3) is 0.562. The highest BCUT2D eigenvalue weighted by molar-refractivity contribution is 5.97. The van der Waals surface area contributed by atoms with Crippen LogP contribution in [0.15, 0.2) is 18.2 Å². The summed E-state index contributed by atoms with van der Waals surface area (Å²) in [5.74, 6) is -0.195. The van der Waals surface area contributed by atoms with Gasteiger partial charge in [-0.2, -0.15) is 0 Å². The Morgan fingerprint density at radius 2 is 1.71 bits per heavy atom. The van der Waals surface area contributed by atoms with E-state index in [-0.39, 0.29) is 11.7 Å². The van der Waals surface area contributed by atoms with Crippen molar-refractivity contribution < 1.29 is 19.4 Å². The highest BCUT2D eigenvalue weighted by atomic mass is 16.5. The van der Waals surface area contributed by atoms with Crippen LogP contribution >= 0.6 is 0 Å². The van der Waals surface area contributed by atoms with Crippen molar-refractivity contribution in [2.45, 2.75) is 20.8 Å². The van der Waals surface area contributed by atoms with E-state index >= 15 is 0 Å². The number of ether oxygens (including phenoxy) is 2. The van der Waals surface area contributed by atoms with Gasteiger partial charge in [0.25, 0.3) is 5.91 Å². The van der Waals surface area contributed by atoms with E-state index in [0.717, 1.165) is 5.56 Å². The Morgan fingerprint density at radius 1 is 1.14 bits per heavy atom. The molecule has 0 aliphatic carbocycles. The van der Waals surface area contributed by atoms with Gasteiger partial charge < -0.3 is 19.5 Å². The number of benzene rings is 1. The Labute approximate surface area is 126 Å². The van der Waals surface area contributed by atoms with E-state index < -0.39 is 0 Å². The number of aromatic hydroxyl groups is 1. The van der Waals surface area contributed by atoms with Gasteiger partial charge in [0.2, 0.25) is 0 Å². The average molecular weight is 295 g/mol. The molecule has 21 heavy (non-hydrogen) atoms. The molecule has 1 amide bonds. The van der Waals surface area contributed by atoms with Gasteiger partial charge in [-0.25, -0.2) is 0 Å². The van der Waals surface area contributed by atoms with Gasteiger partial charge in [-0.3, -0.25) is 4.79 Å². The van der Waals surface area contributed by atoms with Gasteiger partial charge in [0.05, 0.1) is 18.8 Å². The van der Waals surface area contributed by atoms with Gasteiger partial charge in [0, 0.05) is 26.3 Å². The smallest absolute Gasteiger partial charge is 0.257 e. The van der Waals surface area contributed by atoms with Crippen LogP contribution < -0.4 is 0 Å². The maximum absolute atomic E-state index is 12.6. The Morgan fingerprint density at radius 3 is 2.24 bits per heavy atom. The summed E-state index contributed by atoms with van der Waals surface area (Å²) in [5.41, 5.74) is 1.26. The Kier molecular flexibility index (Phi) is 7.79. The van der Waals surface area contributed by atoms with Crippen molar-refractivity contribution in [1.82, 2.24) is 4.90 Å². The zero-order valence-corrected chi connectivity index (χ0v) is 13.1. The van der Waals surface area contributed by atoms with Crippen molar-refractivity contribution in [2.24, 2.45) is 0 Å². The van der Waals surface area contributed by atoms with Gasteiger partial charge in [-0.15, -0.1) is 0 Å². The predicted octanol–water partition coefficient (Wildman–Crippen LogP) is 2.22. The van der Waals surface area contributed by atoms with Crippen molar-refractivity contribution in [1.29, 1.82) is 0 Å². The number of rotatable bonds is 9. The van der Waals surface area contributed by atoms with Crippen LogP contribution in [0.2, 0.25) is 0 Å². The lowest BCUT2D eigenvalue weighted by Gasteiger charge is -2.23. The van der Waals surface area contributed by atoms with E-state index in [2.05, 4.69) is 0 Å². The molecule has 0 spiro atoms. The summed E-state index contributed by atoms with van der Waals surface area (Å²) in [6, 6.07) is 5.02. The first kappa shape index (κ1) is 17.5. The van der Waals surface area contributed by atoms with Crippen LogP contribution in [0, 0.1) is 6.92 Å². The van der Waals surface area contributed by atoms with Crippen LogP contribution in [0.4, 0.5) is 0 Å². The fourth-order valence-corrected chi connectivity index (χ4v) is 1.94. The molecule has 0 saturated heterocycles. The summed E-state index contributed by atoms with van der Waals surface area (Å²) in [4.78, 5) is 14.2. The van der Waals surface area contributed by atoms with Crippen molar-refractivity contribution in [2.75, 3.05) is 39.5 Å². The Hall–Kier alpha value is -1.59. The van der Waals surface area contributed by atoms with E-state index in [1.165, 1.54) is 0 Å². The largest absolute Gasteiger partial charge is 0.507 e. The monoisotopic (exact) mass is 295 g/mol. The van der Waals surface area contributed by atoms with Crippen molar-refractivity contribution >= 4 is 5.91 Å².